The maximum Gasteiger partial charge on any atom is 0.264 e. The number of likely N-dealkylation sites (N-methyl/N-ethyl adjacent to an activating group) is 1. The zero-order valence-corrected chi connectivity index (χ0v) is 6.76. The van der Waals surface area contributed by atoms with E-state index >= 15 is 0 Å². The van der Waals surface area contributed by atoms with Crippen molar-refractivity contribution >= 4 is 5.91 Å². The van der Waals surface area contributed by atoms with E-state index in [0.717, 1.165) is 5.70 Å². The molecule has 0 saturated carbocycles. The van der Waals surface area contributed by atoms with E-state index in [1.807, 2.05) is 6.92 Å². The van der Waals surface area contributed by atoms with E-state index in [2.05, 4.69) is 6.58 Å². The molecule has 0 aromatic carbocycles. The predicted molar refractivity (Wildman–Crippen MR) is 41.6 cm³/mol. The number of hydrogen-bond donors (Lipinski definition) is 0. The Bertz CT molecular complexity index is 230. The van der Waals surface area contributed by atoms with Crippen molar-refractivity contribution in [3.63, 3.8) is 0 Å². The summed E-state index contributed by atoms with van der Waals surface area (Å²) in [4.78, 5) is 12.6. The monoisotopic (exact) mass is 153 g/mol. The highest BCUT2D eigenvalue weighted by Crippen LogP contribution is 2.15. The van der Waals surface area contributed by atoms with Crippen LogP contribution in [0.2, 0.25) is 0 Å². The van der Waals surface area contributed by atoms with Gasteiger partial charge in [0.1, 0.15) is 5.76 Å². The Hall–Kier alpha value is -1.25. The Kier molecular flexibility index (Phi) is 1.98. The molecule has 0 radical (unpaired) electrons. The van der Waals surface area contributed by atoms with Crippen LogP contribution < -0.4 is 0 Å². The molecule has 3 nitrogen and oxygen atoms in total. The van der Waals surface area contributed by atoms with Crippen molar-refractivity contribution in [3.8, 4) is 0 Å². The van der Waals surface area contributed by atoms with Gasteiger partial charge in [0.05, 0.1) is 5.70 Å². The Balaban J connectivity index is 2.95. The first-order valence-corrected chi connectivity index (χ1v) is 3.39. The lowest BCUT2D eigenvalue weighted by Crippen LogP contribution is -2.33. The van der Waals surface area contributed by atoms with Gasteiger partial charge in [-0.25, -0.2) is 0 Å². The van der Waals surface area contributed by atoms with Gasteiger partial charge in [-0.2, -0.15) is 0 Å². The van der Waals surface area contributed by atoms with Gasteiger partial charge in [0.2, 0.25) is 0 Å². The molecule has 1 aliphatic heterocycles. The minimum Gasteiger partial charge on any atom is -0.482 e. The van der Waals surface area contributed by atoms with Gasteiger partial charge in [-0.1, -0.05) is 6.58 Å². The molecule has 1 heterocycles. The standard InChI is InChI=1S/C8H11NO2/c1-4-7-6(2)9(3)8(10)5-11-7/h4H,1,5H2,2-3H3. The van der Waals surface area contributed by atoms with Crippen LogP contribution in [0.25, 0.3) is 0 Å². The number of nitrogens with zero attached hydrogens (tertiary/aromatic N) is 1. The molecular weight excluding hydrogens is 142 g/mol. The number of amides is 1. The van der Waals surface area contributed by atoms with Crippen LogP contribution >= 0.6 is 0 Å². The van der Waals surface area contributed by atoms with Crippen LogP contribution in [-0.2, 0) is 9.53 Å². The fraction of sp³-hybridized carbons (Fsp3) is 0.375. The zero-order valence-electron chi connectivity index (χ0n) is 6.76. The highest BCUT2D eigenvalue weighted by atomic mass is 16.5. The first-order chi connectivity index (χ1) is 5.16. The molecule has 3 heteroatoms. The lowest BCUT2D eigenvalue weighted by Gasteiger charge is -2.25. The first kappa shape index (κ1) is 7.85. The minimum atomic E-state index is -0.0203. The van der Waals surface area contributed by atoms with Gasteiger partial charge in [-0.15, -0.1) is 0 Å². The van der Waals surface area contributed by atoms with Gasteiger partial charge < -0.3 is 9.64 Å². The summed E-state index contributed by atoms with van der Waals surface area (Å²) in [5.74, 6) is 0.667. The van der Waals surface area contributed by atoms with E-state index in [9.17, 15) is 4.79 Å². The Morgan fingerprint density at radius 1 is 1.73 bits per heavy atom. The van der Waals surface area contributed by atoms with E-state index in [4.69, 9.17) is 4.74 Å². The van der Waals surface area contributed by atoms with E-state index < -0.39 is 0 Å². The molecule has 0 bridgehead atoms. The topological polar surface area (TPSA) is 29.5 Å². The summed E-state index contributed by atoms with van der Waals surface area (Å²) in [6, 6.07) is 0. The van der Waals surface area contributed by atoms with Gasteiger partial charge in [0.15, 0.2) is 6.61 Å². The van der Waals surface area contributed by atoms with Gasteiger partial charge in [-0.3, -0.25) is 4.79 Å². The number of rotatable bonds is 1. The van der Waals surface area contributed by atoms with Crippen molar-refractivity contribution in [2.24, 2.45) is 0 Å². The maximum absolute atomic E-state index is 11.0. The van der Waals surface area contributed by atoms with Crippen LogP contribution in [0.15, 0.2) is 24.1 Å². The minimum absolute atomic E-state index is 0.0203. The van der Waals surface area contributed by atoms with Gasteiger partial charge in [0, 0.05) is 7.05 Å². The van der Waals surface area contributed by atoms with Crippen LogP contribution in [0, 0.1) is 0 Å². The molecule has 60 valence electrons. The molecule has 1 rings (SSSR count). The third kappa shape index (κ3) is 1.27. The highest BCUT2D eigenvalue weighted by Gasteiger charge is 2.19. The van der Waals surface area contributed by atoms with Crippen LogP contribution in [-0.4, -0.2) is 24.5 Å². The van der Waals surface area contributed by atoms with Crippen LogP contribution in [0.3, 0.4) is 0 Å². The maximum atomic E-state index is 11.0. The zero-order chi connectivity index (χ0) is 8.43. The third-order valence-corrected chi connectivity index (χ3v) is 1.77. The van der Waals surface area contributed by atoms with Crippen LogP contribution in [0.1, 0.15) is 6.92 Å². The molecular formula is C8H11NO2. The molecule has 0 unspecified atom stereocenters. The number of hydrogen-bond acceptors (Lipinski definition) is 2. The summed E-state index contributed by atoms with van der Waals surface area (Å²) in [6.45, 7) is 5.52. The summed E-state index contributed by atoms with van der Waals surface area (Å²) in [7, 11) is 1.73. The van der Waals surface area contributed by atoms with Gasteiger partial charge in [-0.05, 0) is 13.0 Å². The second-order valence-electron chi connectivity index (χ2n) is 2.40. The van der Waals surface area contributed by atoms with Gasteiger partial charge in [0.25, 0.3) is 5.91 Å². The Morgan fingerprint density at radius 3 is 2.91 bits per heavy atom. The molecule has 11 heavy (non-hydrogen) atoms. The lowest BCUT2D eigenvalue weighted by molar-refractivity contribution is -0.133. The molecule has 0 aliphatic carbocycles. The SMILES string of the molecule is C=CC1=C(C)N(C)C(=O)CO1. The second kappa shape index (κ2) is 2.78. The fourth-order valence-corrected chi connectivity index (χ4v) is 0.900. The summed E-state index contributed by atoms with van der Waals surface area (Å²) in [5, 5.41) is 0. The number of ether oxygens (including phenoxy) is 1. The summed E-state index contributed by atoms with van der Waals surface area (Å²) < 4.78 is 5.09. The lowest BCUT2D eigenvalue weighted by atomic mass is 10.3. The van der Waals surface area contributed by atoms with Crippen LogP contribution in [0.5, 0.6) is 0 Å². The number of carbonyl (C=O) groups is 1. The van der Waals surface area contributed by atoms with E-state index in [0.29, 0.717) is 5.76 Å². The number of carbonyl (C=O) groups excluding carboxylic acids is 1. The Labute approximate surface area is 65.9 Å². The third-order valence-electron chi connectivity index (χ3n) is 1.77. The van der Waals surface area contributed by atoms with Crippen molar-refractivity contribution in [2.45, 2.75) is 6.92 Å². The van der Waals surface area contributed by atoms with E-state index in [1.54, 1.807) is 18.0 Å². The van der Waals surface area contributed by atoms with E-state index in [1.165, 1.54) is 0 Å². The molecule has 0 N–H and O–H groups in total. The van der Waals surface area contributed by atoms with Crippen molar-refractivity contribution in [1.82, 2.24) is 4.90 Å². The fourth-order valence-electron chi connectivity index (χ4n) is 0.900. The molecule has 0 atom stereocenters. The molecule has 0 fully saturated rings. The molecule has 1 amide bonds. The summed E-state index contributed by atoms with van der Waals surface area (Å²) >= 11 is 0. The molecule has 0 aromatic heterocycles. The molecule has 0 spiro atoms. The van der Waals surface area contributed by atoms with Crippen molar-refractivity contribution < 1.29 is 9.53 Å². The summed E-state index contributed by atoms with van der Waals surface area (Å²) in [5.41, 5.74) is 0.816. The van der Waals surface area contributed by atoms with Crippen molar-refractivity contribution in [1.29, 1.82) is 0 Å². The summed E-state index contributed by atoms with van der Waals surface area (Å²) in [6.07, 6.45) is 1.61. The first-order valence-electron chi connectivity index (χ1n) is 3.39. The normalized spacial score (nSPS) is 18.4. The average molecular weight is 153 g/mol. The van der Waals surface area contributed by atoms with Gasteiger partial charge >= 0.3 is 0 Å². The van der Waals surface area contributed by atoms with Crippen molar-refractivity contribution in [2.75, 3.05) is 13.7 Å². The van der Waals surface area contributed by atoms with Crippen molar-refractivity contribution in [3.05, 3.63) is 24.1 Å². The second-order valence-corrected chi connectivity index (χ2v) is 2.40. The smallest absolute Gasteiger partial charge is 0.264 e. The largest absolute Gasteiger partial charge is 0.482 e. The average Bonchev–Trinajstić information content (AvgIpc) is 2.01. The molecule has 0 aromatic rings. The quantitative estimate of drug-likeness (QED) is 0.560. The highest BCUT2D eigenvalue weighted by molar-refractivity contribution is 5.80. The Morgan fingerprint density at radius 2 is 2.36 bits per heavy atom. The molecule has 1 aliphatic rings. The predicted octanol–water partition coefficient (Wildman–Crippen LogP) is 0.892. The van der Waals surface area contributed by atoms with Crippen LogP contribution in [0.4, 0.5) is 0 Å². The van der Waals surface area contributed by atoms with E-state index in [-0.39, 0.29) is 12.5 Å². The molecule has 0 saturated heterocycles. The number of allylic oxidation sites excluding steroid dienone is 2.